The first-order valence-electron chi connectivity index (χ1n) is 3.00. The van der Waals surface area contributed by atoms with Gasteiger partial charge >= 0.3 is 5.97 Å². The number of carbonyl (C=O) groups is 1. The maximum atomic E-state index is 10.2. The van der Waals surface area contributed by atoms with Gasteiger partial charge in [0.05, 0.1) is 20.3 Å². The third-order valence-corrected chi connectivity index (χ3v) is 0.738. The molecule has 0 N–H and O–H groups in total. The largest absolute Gasteiger partial charge is 0.466 e. The zero-order chi connectivity index (χ0) is 7.98. The van der Waals surface area contributed by atoms with E-state index >= 15 is 0 Å². The van der Waals surface area contributed by atoms with Gasteiger partial charge < -0.3 is 9.47 Å². The normalized spacial score (nSPS) is 12.6. The molecule has 10 heavy (non-hydrogen) atoms. The van der Waals surface area contributed by atoms with Crippen LogP contribution in [0.25, 0.3) is 0 Å². The molecule has 1 saturated heterocycles. The Morgan fingerprint density at radius 3 is 2.00 bits per heavy atom. The summed E-state index contributed by atoms with van der Waals surface area (Å²) in [6.45, 7) is 6.95. The summed E-state index contributed by atoms with van der Waals surface area (Å²) >= 11 is 0. The molecule has 0 amide bonds. The van der Waals surface area contributed by atoms with Crippen LogP contribution in [0.1, 0.15) is 6.92 Å². The Bertz CT molecular complexity index is 124. The first kappa shape index (κ1) is 9.17. The Morgan fingerprint density at radius 2 is 2.00 bits per heavy atom. The van der Waals surface area contributed by atoms with Gasteiger partial charge in [0.2, 0.25) is 0 Å². The first-order valence-corrected chi connectivity index (χ1v) is 3.00. The van der Waals surface area contributed by atoms with Gasteiger partial charge in [-0.05, 0) is 6.92 Å². The number of hydrogen-bond donors (Lipinski definition) is 0. The Hall–Kier alpha value is -0.830. The molecule has 0 saturated carbocycles. The lowest BCUT2D eigenvalue weighted by atomic mass is 10.4. The first-order chi connectivity index (χ1) is 4.68. The minimum atomic E-state index is -0.347. The van der Waals surface area contributed by atoms with E-state index in [4.69, 9.17) is 0 Å². The fourth-order valence-corrected chi connectivity index (χ4v) is 0.174. The Labute approximate surface area is 60.6 Å². The lowest BCUT2D eigenvalue weighted by Crippen LogP contribution is -1.98. The summed E-state index contributed by atoms with van der Waals surface area (Å²) in [4.78, 5) is 10.2. The molecule has 0 radical (unpaired) electrons. The lowest BCUT2D eigenvalue weighted by Gasteiger charge is -1.91. The molecule has 0 aromatic carbocycles. The van der Waals surface area contributed by atoms with Crippen molar-refractivity contribution >= 4 is 5.97 Å². The average molecular weight is 144 g/mol. The van der Waals surface area contributed by atoms with Crippen molar-refractivity contribution in [1.29, 1.82) is 0 Å². The standard InChI is InChI=1S/C5H8O2.C2H4O/c1-4(2)5(6)7-3;1-2-3-1/h1H2,2-3H3;1-2H2. The highest BCUT2D eigenvalue weighted by atomic mass is 16.6. The number of epoxide rings is 1. The second-order valence-corrected chi connectivity index (χ2v) is 1.88. The summed E-state index contributed by atoms with van der Waals surface area (Å²) in [7, 11) is 1.33. The van der Waals surface area contributed by atoms with E-state index in [9.17, 15) is 4.79 Å². The Morgan fingerprint density at radius 1 is 1.60 bits per heavy atom. The second kappa shape index (κ2) is 4.99. The second-order valence-electron chi connectivity index (χ2n) is 1.88. The van der Waals surface area contributed by atoms with Crippen LogP contribution in [0.2, 0.25) is 0 Å². The molecule has 0 unspecified atom stereocenters. The lowest BCUT2D eigenvalue weighted by molar-refractivity contribution is -0.136. The number of ether oxygens (including phenoxy) is 2. The van der Waals surface area contributed by atoms with Crippen LogP contribution in [-0.4, -0.2) is 26.3 Å². The fraction of sp³-hybridized carbons (Fsp3) is 0.571. The Balaban J connectivity index is 0.000000219. The third kappa shape index (κ3) is 7.17. The maximum absolute atomic E-state index is 10.2. The number of hydrogen-bond acceptors (Lipinski definition) is 3. The maximum Gasteiger partial charge on any atom is 0.332 e. The predicted molar refractivity (Wildman–Crippen MR) is 37.6 cm³/mol. The molecule has 1 aliphatic rings. The van der Waals surface area contributed by atoms with E-state index in [2.05, 4.69) is 16.1 Å². The van der Waals surface area contributed by atoms with E-state index in [1.807, 2.05) is 0 Å². The van der Waals surface area contributed by atoms with Crippen molar-refractivity contribution in [3.05, 3.63) is 12.2 Å². The summed E-state index contributed by atoms with van der Waals surface area (Å²) in [5.41, 5.74) is 0.433. The molecular formula is C7H12O3. The summed E-state index contributed by atoms with van der Waals surface area (Å²) in [6, 6.07) is 0. The fourth-order valence-electron chi connectivity index (χ4n) is 0.174. The quantitative estimate of drug-likeness (QED) is 0.310. The molecule has 58 valence electrons. The van der Waals surface area contributed by atoms with Crippen molar-refractivity contribution in [2.45, 2.75) is 6.92 Å². The van der Waals surface area contributed by atoms with Gasteiger partial charge in [-0.2, -0.15) is 0 Å². The van der Waals surface area contributed by atoms with Gasteiger partial charge in [0.25, 0.3) is 0 Å². The number of esters is 1. The van der Waals surface area contributed by atoms with Crippen LogP contribution in [0.3, 0.4) is 0 Å². The predicted octanol–water partition coefficient (Wildman–Crippen LogP) is 0.752. The van der Waals surface area contributed by atoms with E-state index in [-0.39, 0.29) is 5.97 Å². The van der Waals surface area contributed by atoms with Crippen LogP contribution in [-0.2, 0) is 14.3 Å². The topological polar surface area (TPSA) is 38.8 Å². The van der Waals surface area contributed by atoms with E-state index in [1.54, 1.807) is 6.92 Å². The van der Waals surface area contributed by atoms with Gasteiger partial charge in [0, 0.05) is 5.57 Å². The highest BCUT2D eigenvalue weighted by Crippen LogP contribution is 1.87. The molecule has 0 atom stereocenters. The minimum absolute atomic E-state index is 0.347. The summed E-state index contributed by atoms with van der Waals surface area (Å²) in [6.07, 6.45) is 0. The third-order valence-electron chi connectivity index (χ3n) is 0.738. The Kier molecular flexibility index (Phi) is 4.58. The summed E-state index contributed by atoms with van der Waals surface area (Å²) in [5.74, 6) is -0.347. The van der Waals surface area contributed by atoms with E-state index in [0.29, 0.717) is 5.57 Å². The van der Waals surface area contributed by atoms with Crippen LogP contribution >= 0.6 is 0 Å². The van der Waals surface area contributed by atoms with Gasteiger partial charge in [0.1, 0.15) is 0 Å². The molecule has 0 aliphatic carbocycles. The smallest absolute Gasteiger partial charge is 0.332 e. The van der Waals surface area contributed by atoms with Crippen molar-refractivity contribution < 1.29 is 14.3 Å². The molecule has 0 aromatic rings. The monoisotopic (exact) mass is 144 g/mol. The molecule has 1 heterocycles. The van der Waals surface area contributed by atoms with Gasteiger partial charge in [-0.1, -0.05) is 6.58 Å². The average Bonchev–Trinajstić information content (AvgIpc) is 2.70. The minimum Gasteiger partial charge on any atom is -0.466 e. The molecule has 1 fully saturated rings. The highest BCUT2D eigenvalue weighted by molar-refractivity contribution is 5.86. The van der Waals surface area contributed by atoms with Crippen molar-refractivity contribution in [3.8, 4) is 0 Å². The zero-order valence-corrected chi connectivity index (χ0v) is 6.35. The molecule has 3 nitrogen and oxygen atoms in total. The van der Waals surface area contributed by atoms with Crippen LogP contribution < -0.4 is 0 Å². The van der Waals surface area contributed by atoms with Crippen molar-refractivity contribution in [1.82, 2.24) is 0 Å². The van der Waals surface area contributed by atoms with Gasteiger partial charge in [-0.15, -0.1) is 0 Å². The SMILES string of the molecule is C1CO1.C=C(C)C(=O)OC. The molecule has 1 aliphatic heterocycles. The highest BCUT2D eigenvalue weighted by Gasteiger charge is 1.95. The molecule has 1 rings (SSSR count). The van der Waals surface area contributed by atoms with Crippen LogP contribution in [0.5, 0.6) is 0 Å². The van der Waals surface area contributed by atoms with Gasteiger partial charge in [-0.3, -0.25) is 0 Å². The zero-order valence-electron chi connectivity index (χ0n) is 6.35. The number of carbonyl (C=O) groups excluding carboxylic acids is 1. The molecule has 0 bridgehead atoms. The van der Waals surface area contributed by atoms with Crippen LogP contribution in [0.15, 0.2) is 12.2 Å². The van der Waals surface area contributed by atoms with Crippen molar-refractivity contribution in [3.63, 3.8) is 0 Å². The van der Waals surface area contributed by atoms with Crippen molar-refractivity contribution in [2.24, 2.45) is 0 Å². The van der Waals surface area contributed by atoms with Gasteiger partial charge in [0.15, 0.2) is 0 Å². The van der Waals surface area contributed by atoms with E-state index in [0.717, 1.165) is 13.2 Å². The number of rotatable bonds is 1. The van der Waals surface area contributed by atoms with Crippen LogP contribution in [0.4, 0.5) is 0 Å². The molecular weight excluding hydrogens is 132 g/mol. The van der Waals surface area contributed by atoms with E-state index in [1.165, 1.54) is 7.11 Å². The molecule has 0 aromatic heterocycles. The molecule has 3 heteroatoms. The molecule has 0 spiro atoms. The van der Waals surface area contributed by atoms with Crippen molar-refractivity contribution in [2.75, 3.05) is 20.3 Å². The summed E-state index contributed by atoms with van der Waals surface area (Å²) in [5, 5.41) is 0. The summed E-state index contributed by atoms with van der Waals surface area (Å²) < 4.78 is 8.77. The van der Waals surface area contributed by atoms with Gasteiger partial charge in [-0.25, -0.2) is 4.79 Å². The van der Waals surface area contributed by atoms with Crippen LogP contribution in [0, 0.1) is 0 Å². The van der Waals surface area contributed by atoms with E-state index < -0.39 is 0 Å². The number of methoxy groups -OCH3 is 1.